The van der Waals surface area contributed by atoms with E-state index in [0.717, 1.165) is 0 Å². The fourth-order valence-corrected chi connectivity index (χ4v) is 0. The molecule has 42 valence electrons. The van der Waals surface area contributed by atoms with E-state index in [4.69, 9.17) is 13.3 Å². The summed E-state index contributed by atoms with van der Waals surface area (Å²) in [5.41, 5.74) is 0. The third-order valence-electron chi connectivity index (χ3n) is 0. The second-order valence-electron chi connectivity index (χ2n) is 0.408. The quantitative estimate of drug-likeness (QED) is 0.361. The summed E-state index contributed by atoms with van der Waals surface area (Å²) in [7, 11) is -4.33. The summed E-state index contributed by atoms with van der Waals surface area (Å²) >= 11 is 3.24. The fraction of sp³-hybridized carbons (Fsp3) is 0. The van der Waals surface area contributed by atoms with Crippen LogP contribution in [0.15, 0.2) is 0 Å². The van der Waals surface area contributed by atoms with Crippen molar-refractivity contribution in [1.82, 2.24) is 0 Å². The van der Waals surface area contributed by atoms with Crippen molar-refractivity contribution in [3.05, 3.63) is 0 Å². The maximum absolute atomic E-state index is 8.89. The maximum Gasteiger partial charge on any atom is 1.00 e. The molecule has 0 saturated carbocycles. The summed E-state index contributed by atoms with van der Waals surface area (Å²) in [6.07, 6.45) is 0. The Morgan fingerprint density at radius 2 is 1.11 bits per heavy atom. The zero-order chi connectivity index (χ0) is 4.50. The summed E-state index contributed by atoms with van der Waals surface area (Å²) in [6, 6.07) is 0. The Labute approximate surface area is 203 Å². The molecule has 0 bridgehead atoms. The van der Waals surface area contributed by atoms with Crippen molar-refractivity contribution in [1.29, 1.82) is 0 Å². The van der Waals surface area contributed by atoms with E-state index in [1.54, 1.807) is 0 Å². The summed E-state index contributed by atoms with van der Waals surface area (Å²) < 4.78 is 26.7. The first-order valence-corrected chi connectivity index (χ1v) is 3.00. The van der Waals surface area contributed by atoms with Crippen LogP contribution in [0.5, 0.6) is 0 Å². The number of rotatable bonds is 0. The van der Waals surface area contributed by atoms with Gasteiger partial charge in [-0.25, -0.2) is 0 Å². The zero-order valence-corrected chi connectivity index (χ0v) is 18.5. The van der Waals surface area contributed by atoms with Crippen LogP contribution in [0.1, 0.15) is 0 Å². The molecule has 0 aromatic carbocycles. The van der Waals surface area contributed by atoms with Gasteiger partial charge in [0.1, 0.15) is 0 Å². The molecular formula is AuK3O3S2+2. The second kappa shape index (κ2) is 16.4. The average Bonchev–Trinajstić information content (AvgIpc) is 0.722. The maximum atomic E-state index is 8.89. The van der Waals surface area contributed by atoms with E-state index < -0.39 is 9.05 Å². The molecule has 0 aromatic rings. The van der Waals surface area contributed by atoms with Crippen LogP contribution >= 0.6 is 0 Å². The molecule has 0 rings (SSSR count). The van der Waals surface area contributed by atoms with Gasteiger partial charge in [-0.05, 0) is 11.2 Å². The molecule has 0 radical (unpaired) electrons. The molecule has 0 heterocycles. The van der Waals surface area contributed by atoms with Crippen LogP contribution in [0, 0.1) is 0 Å². The van der Waals surface area contributed by atoms with E-state index in [2.05, 4.69) is 11.2 Å². The van der Waals surface area contributed by atoms with Gasteiger partial charge >= 0.3 is 177 Å². The van der Waals surface area contributed by atoms with Crippen LogP contribution in [-0.4, -0.2) is 13.3 Å². The molecule has 0 saturated heterocycles. The van der Waals surface area contributed by atoms with Crippen molar-refractivity contribution in [3.8, 4) is 0 Å². The van der Waals surface area contributed by atoms with Crippen LogP contribution in [0.3, 0.4) is 0 Å². The van der Waals surface area contributed by atoms with Gasteiger partial charge in [-0.1, -0.05) is 0 Å². The monoisotopic (exact) mass is 426 g/mol. The molecule has 0 fully saturated rings. The summed E-state index contributed by atoms with van der Waals surface area (Å²) in [6.45, 7) is 0. The molecular weight excluding hydrogens is 426 g/mol. The molecule has 0 aliphatic rings. The minimum absolute atomic E-state index is 0. The van der Waals surface area contributed by atoms with Crippen molar-refractivity contribution in [2.75, 3.05) is 0 Å². The van der Waals surface area contributed by atoms with Crippen molar-refractivity contribution in [2.45, 2.75) is 0 Å². The molecule has 3 nitrogen and oxygen atoms in total. The minimum Gasteiger partial charge on any atom is -0.780 e. The van der Waals surface area contributed by atoms with Gasteiger partial charge < -0.3 is 9.11 Å². The van der Waals surface area contributed by atoms with Crippen LogP contribution in [0.25, 0.3) is 0 Å². The van der Waals surface area contributed by atoms with Crippen LogP contribution in [0.4, 0.5) is 0 Å². The SMILES string of the molecule is O=S([O-])([O-])=S.[Au+].[K+].[K+].[K+]. The Balaban J connectivity index is -0.0000000133. The van der Waals surface area contributed by atoms with Crippen LogP contribution < -0.4 is 154 Å². The normalized spacial score (nSPS) is 6.44. The number of hydrogen-bond donors (Lipinski definition) is 0. The molecule has 0 aromatic heterocycles. The van der Waals surface area contributed by atoms with E-state index in [-0.39, 0.29) is 177 Å². The van der Waals surface area contributed by atoms with Crippen LogP contribution in [-0.2, 0) is 42.6 Å². The third kappa shape index (κ3) is 56.3. The molecule has 0 amide bonds. The number of hydrogen-bond acceptors (Lipinski definition) is 4. The first-order chi connectivity index (χ1) is 2.00. The predicted molar refractivity (Wildman–Crippen MR) is 17.1 cm³/mol. The van der Waals surface area contributed by atoms with Crippen molar-refractivity contribution in [3.63, 3.8) is 0 Å². The van der Waals surface area contributed by atoms with Crippen molar-refractivity contribution in [2.24, 2.45) is 0 Å². The summed E-state index contributed by atoms with van der Waals surface area (Å²) in [5.74, 6) is 0. The van der Waals surface area contributed by atoms with Gasteiger partial charge in [-0.3, -0.25) is 4.21 Å². The first-order valence-electron chi connectivity index (χ1n) is 0.667. The van der Waals surface area contributed by atoms with Crippen molar-refractivity contribution >= 4 is 20.2 Å². The molecule has 0 spiro atoms. The van der Waals surface area contributed by atoms with Gasteiger partial charge in [-0.15, -0.1) is 9.05 Å². The Hall–Kier alpha value is 5.94. The smallest absolute Gasteiger partial charge is 0.780 e. The van der Waals surface area contributed by atoms with Gasteiger partial charge in [0.25, 0.3) is 0 Å². The minimum atomic E-state index is -4.33. The van der Waals surface area contributed by atoms with E-state index in [1.807, 2.05) is 0 Å². The summed E-state index contributed by atoms with van der Waals surface area (Å²) in [5, 5.41) is 0. The van der Waals surface area contributed by atoms with Gasteiger partial charge in [-0.2, -0.15) is 0 Å². The Morgan fingerprint density at radius 1 is 1.11 bits per heavy atom. The van der Waals surface area contributed by atoms with E-state index in [9.17, 15) is 0 Å². The van der Waals surface area contributed by atoms with Gasteiger partial charge in [0, 0.05) is 0 Å². The molecule has 0 unspecified atom stereocenters. The van der Waals surface area contributed by atoms with Crippen LogP contribution in [0.2, 0.25) is 0 Å². The molecule has 9 heteroatoms. The average molecular weight is 426 g/mol. The van der Waals surface area contributed by atoms with Crippen molar-refractivity contribution < 1.29 is 190 Å². The molecule has 0 N–H and O–H groups in total. The second-order valence-corrected chi connectivity index (χ2v) is 2.45. The molecule has 9 heavy (non-hydrogen) atoms. The Morgan fingerprint density at radius 3 is 1.11 bits per heavy atom. The standard InChI is InChI=1S/Au.3K.H2O3S2/c;;;;1-5(2,3)4/h;;;;(H2,1,2,3,4)/q4*+1;/p-2. The Bertz CT molecular complexity index is 100. The largest absolute Gasteiger partial charge is 1.00 e. The topological polar surface area (TPSA) is 63.2 Å². The Kier molecular flexibility index (Phi) is 53.5. The predicted octanol–water partition coefficient (Wildman–Crippen LogP) is -10.00. The molecule has 0 aliphatic heterocycles. The molecule has 0 atom stereocenters. The summed E-state index contributed by atoms with van der Waals surface area (Å²) in [4.78, 5) is 0. The van der Waals surface area contributed by atoms with E-state index in [1.165, 1.54) is 0 Å². The molecule has 0 aliphatic carbocycles. The third-order valence-corrected chi connectivity index (χ3v) is 0. The first kappa shape index (κ1) is 29.4. The fourth-order valence-electron chi connectivity index (χ4n) is 0. The van der Waals surface area contributed by atoms with Gasteiger partial charge in [0.15, 0.2) is 0 Å². The van der Waals surface area contributed by atoms with E-state index >= 15 is 0 Å². The van der Waals surface area contributed by atoms with E-state index in [0.29, 0.717) is 0 Å². The zero-order valence-electron chi connectivity index (χ0n) is 5.34. The van der Waals surface area contributed by atoms with Gasteiger partial charge in [0.05, 0.1) is 0 Å². The van der Waals surface area contributed by atoms with Gasteiger partial charge in [0.2, 0.25) is 0 Å².